The maximum atomic E-state index is 10.9. The Hall–Kier alpha value is -1.85. The van der Waals surface area contributed by atoms with Gasteiger partial charge in [-0.25, -0.2) is 0 Å². The zero-order chi connectivity index (χ0) is 15.6. The molecule has 1 unspecified atom stereocenters. The van der Waals surface area contributed by atoms with Gasteiger partial charge in [0.25, 0.3) is 5.69 Å². The molecule has 1 aromatic carbocycles. The zero-order valence-electron chi connectivity index (χ0n) is 12.1. The van der Waals surface area contributed by atoms with Crippen LogP contribution in [0.25, 0.3) is 0 Å². The number of halogens is 1. The molecule has 1 N–H and O–H groups in total. The molecule has 1 heterocycles. The Labute approximate surface area is 128 Å². The summed E-state index contributed by atoms with van der Waals surface area (Å²) in [6.45, 7) is 6.38. The van der Waals surface area contributed by atoms with E-state index in [0.717, 1.165) is 22.6 Å². The summed E-state index contributed by atoms with van der Waals surface area (Å²) in [5.74, 6) is 1.76. The fourth-order valence-electron chi connectivity index (χ4n) is 2.27. The van der Waals surface area contributed by atoms with Crippen molar-refractivity contribution in [2.75, 3.05) is 0 Å². The lowest BCUT2D eigenvalue weighted by Gasteiger charge is -2.13. The summed E-state index contributed by atoms with van der Waals surface area (Å²) in [5, 5.41) is 14.3. The topological polar surface area (TPSA) is 68.3 Å². The van der Waals surface area contributed by atoms with Crippen LogP contribution in [0.2, 0.25) is 5.02 Å². The zero-order valence-corrected chi connectivity index (χ0v) is 12.9. The molecular weight excluding hydrogens is 292 g/mol. The van der Waals surface area contributed by atoms with Crippen LogP contribution in [-0.4, -0.2) is 4.92 Å². The van der Waals surface area contributed by atoms with E-state index in [-0.39, 0.29) is 16.8 Å². The van der Waals surface area contributed by atoms with Gasteiger partial charge >= 0.3 is 0 Å². The first-order chi connectivity index (χ1) is 9.88. The summed E-state index contributed by atoms with van der Waals surface area (Å²) < 4.78 is 5.51. The van der Waals surface area contributed by atoms with E-state index < -0.39 is 4.92 Å². The summed E-state index contributed by atoms with van der Waals surface area (Å²) in [6.07, 6.45) is 0. The first kappa shape index (κ1) is 15.5. The van der Waals surface area contributed by atoms with E-state index in [4.69, 9.17) is 16.0 Å². The number of nitrogens with zero attached hydrogens (tertiary/aromatic N) is 1. The van der Waals surface area contributed by atoms with Crippen LogP contribution in [0, 0.1) is 24.0 Å². The van der Waals surface area contributed by atoms with Crippen LogP contribution < -0.4 is 5.32 Å². The number of nitro benzene ring substituents is 1. The normalized spacial score (nSPS) is 12.4. The molecule has 2 rings (SSSR count). The Balaban J connectivity index is 2.08. The summed E-state index contributed by atoms with van der Waals surface area (Å²) >= 11 is 5.80. The van der Waals surface area contributed by atoms with Crippen molar-refractivity contribution < 1.29 is 9.34 Å². The molecule has 0 radical (unpaired) electrons. The molecule has 0 aliphatic heterocycles. The molecule has 0 spiro atoms. The molecule has 5 nitrogen and oxygen atoms in total. The van der Waals surface area contributed by atoms with Gasteiger partial charge in [-0.2, -0.15) is 0 Å². The van der Waals surface area contributed by atoms with E-state index in [1.54, 1.807) is 12.1 Å². The van der Waals surface area contributed by atoms with Crippen molar-refractivity contribution in [2.24, 2.45) is 0 Å². The van der Waals surface area contributed by atoms with E-state index in [2.05, 4.69) is 5.32 Å². The van der Waals surface area contributed by atoms with Gasteiger partial charge in [0.1, 0.15) is 16.5 Å². The maximum absolute atomic E-state index is 10.9. The number of aryl methyl sites for hydroxylation is 2. The van der Waals surface area contributed by atoms with Crippen LogP contribution in [0.4, 0.5) is 5.69 Å². The molecule has 0 fully saturated rings. The number of hydrogen-bond acceptors (Lipinski definition) is 4. The van der Waals surface area contributed by atoms with Crippen molar-refractivity contribution in [1.82, 2.24) is 5.32 Å². The molecule has 0 saturated carbocycles. The van der Waals surface area contributed by atoms with Crippen molar-refractivity contribution in [3.05, 3.63) is 62.0 Å². The first-order valence-electron chi connectivity index (χ1n) is 6.61. The van der Waals surface area contributed by atoms with E-state index in [1.807, 2.05) is 26.8 Å². The van der Waals surface area contributed by atoms with Crippen LogP contribution in [0.1, 0.15) is 35.6 Å². The highest BCUT2D eigenvalue weighted by molar-refractivity contribution is 6.32. The number of benzene rings is 1. The molecule has 21 heavy (non-hydrogen) atoms. The lowest BCUT2D eigenvalue weighted by Crippen LogP contribution is -2.18. The lowest BCUT2D eigenvalue weighted by atomic mass is 10.1. The van der Waals surface area contributed by atoms with Gasteiger partial charge in [-0.15, -0.1) is 0 Å². The van der Waals surface area contributed by atoms with Gasteiger partial charge in [0.2, 0.25) is 0 Å². The molecule has 112 valence electrons. The third kappa shape index (κ3) is 3.62. The van der Waals surface area contributed by atoms with Crippen molar-refractivity contribution in [3.63, 3.8) is 0 Å². The number of rotatable bonds is 5. The van der Waals surface area contributed by atoms with Gasteiger partial charge in [-0.05, 0) is 38.5 Å². The Bertz CT molecular complexity index is 667. The van der Waals surface area contributed by atoms with Gasteiger partial charge < -0.3 is 9.73 Å². The highest BCUT2D eigenvalue weighted by atomic mass is 35.5. The molecule has 6 heteroatoms. The molecule has 0 saturated heterocycles. The second-order valence-corrected chi connectivity index (χ2v) is 5.42. The standard InChI is InChI=1S/C15H17ClN2O3/c1-9-6-13(11(3)21-9)10(2)17-8-12-4-5-14(16)15(7-12)18(19)20/h4-7,10,17H,8H2,1-3H3. The van der Waals surface area contributed by atoms with E-state index in [1.165, 1.54) is 6.07 Å². The quantitative estimate of drug-likeness (QED) is 0.660. The van der Waals surface area contributed by atoms with E-state index in [9.17, 15) is 10.1 Å². The third-order valence-corrected chi connectivity index (χ3v) is 3.69. The van der Waals surface area contributed by atoms with E-state index in [0.29, 0.717) is 6.54 Å². The lowest BCUT2D eigenvalue weighted by molar-refractivity contribution is -0.384. The van der Waals surface area contributed by atoms with E-state index >= 15 is 0 Å². The van der Waals surface area contributed by atoms with Gasteiger partial charge in [0.05, 0.1) is 4.92 Å². The van der Waals surface area contributed by atoms with Crippen LogP contribution in [-0.2, 0) is 6.54 Å². The fourth-order valence-corrected chi connectivity index (χ4v) is 2.46. The van der Waals surface area contributed by atoms with Gasteiger partial charge in [-0.1, -0.05) is 17.7 Å². The minimum atomic E-state index is -0.473. The Morgan fingerprint density at radius 3 is 2.67 bits per heavy atom. The molecule has 0 amide bonds. The summed E-state index contributed by atoms with van der Waals surface area (Å²) in [5.41, 5.74) is 1.84. The number of furan rings is 1. The molecule has 0 bridgehead atoms. The Morgan fingerprint density at radius 2 is 2.10 bits per heavy atom. The third-order valence-electron chi connectivity index (χ3n) is 3.37. The first-order valence-corrected chi connectivity index (χ1v) is 6.99. The van der Waals surface area contributed by atoms with Gasteiger partial charge in [0, 0.05) is 24.2 Å². The van der Waals surface area contributed by atoms with Crippen LogP contribution in [0.5, 0.6) is 0 Å². The maximum Gasteiger partial charge on any atom is 0.288 e. The monoisotopic (exact) mass is 308 g/mol. The molecule has 1 aromatic heterocycles. The molecule has 0 aliphatic rings. The number of hydrogen-bond donors (Lipinski definition) is 1. The highest BCUT2D eigenvalue weighted by Gasteiger charge is 2.15. The minimum absolute atomic E-state index is 0.0704. The predicted molar refractivity (Wildman–Crippen MR) is 81.5 cm³/mol. The summed E-state index contributed by atoms with van der Waals surface area (Å²) in [7, 11) is 0. The second-order valence-electron chi connectivity index (χ2n) is 5.01. The smallest absolute Gasteiger partial charge is 0.288 e. The summed E-state index contributed by atoms with van der Waals surface area (Å²) in [4.78, 5) is 10.4. The highest BCUT2D eigenvalue weighted by Crippen LogP contribution is 2.26. The Morgan fingerprint density at radius 1 is 1.38 bits per heavy atom. The van der Waals surface area contributed by atoms with Gasteiger partial charge in [-0.3, -0.25) is 10.1 Å². The number of nitro groups is 1. The van der Waals surface area contributed by atoms with Crippen molar-refractivity contribution in [3.8, 4) is 0 Å². The van der Waals surface area contributed by atoms with Crippen LogP contribution in [0.15, 0.2) is 28.7 Å². The average Bonchev–Trinajstić information content (AvgIpc) is 2.76. The minimum Gasteiger partial charge on any atom is -0.466 e. The van der Waals surface area contributed by atoms with Crippen molar-refractivity contribution in [2.45, 2.75) is 33.4 Å². The summed E-state index contributed by atoms with van der Waals surface area (Å²) in [6, 6.07) is 6.92. The van der Waals surface area contributed by atoms with Gasteiger partial charge in [0.15, 0.2) is 0 Å². The SMILES string of the molecule is Cc1cc(C(C)NCc2ccc(Cl)c([N+](=O)[O-])c2)c(C)o1. The largest absolute Gasteiger partial charge is 0.466 e. The van der Waals surface area contributed by atoms with Crippen molar-refractivity contribution >= 4 is 17.3 Å². The fraction of sp³-hybridized carbons (Fsp3) is 0.333. The van der Waals surface area contributed by atoms with Crippen molar-refractivity contribution in [1.29, 1.82) is 0 Å². The molecule has 1 atom stereocenters. The molecular formula is C15H17ClN2O3. The average molecular weight is 309 g/mol. The number of nitrogens with one attached hydrogen (secondary N) is 1. The van der Waals surface area contributed by atoms with Crippen LogP contribution in [0.3, 0.4) is 0 Å². The second kappa shape index (κ2) is 6.28. The Kier molecular flexibility index (Phi) is 4.65. The molecule has 0 aliphatic carbocycles. The van der Waals surface area contributed by atoms with Crippen LogP contribution >= 0.6 is 11.6 Å². The predicted octanol–water partition coefficient (Wildman–Crippen LogP) is 4.31. The molecule has 2 aromatic rings.